The second-order valence-corrected chi connectivity index (χ2v) is 18.1. The van der Waals surface area contributed by atoms with Crippen LogP contribution in [0.2, 0.25) is 0 Å². The first-order valence-electron chi connectivity index (χ1n) is 27.4. The summed E-state index contributed by atoms with van der Waals surface area (Å²) in [6.45, 7) is 6.46. The first-order chi connectivity index (χ1) is 32.0. The van der Waals surface area contributed by atoms with Gasteiger partial charge in [0.2, 0.25) is 0 Å². The average Bonchev–Trinajstić information content (AvgIpc) is 3.30. The molecule has 0 aliphatic rings. The second-order valence-electron chi connectivity index (χ2n) is 18.1. The van der Waals surface area contributed by atoms with Gasteiger partial charge < -0.3 is 14.2 Å². The van der Waals surface area contributed by atoms with E-state index in [-0.39, 0.29) is 37.5 Å². The van der Waals surface area contributed by atoms with Crippen molar-refractivity contribution in [1.82, 2.24) is 0 Å². The number of allylic oxidation sites excluding steroid dienone is 12. The summed E-state index contributed by atoms with van der Waals surface area (Å²) in [5.41, 5.74) is 0. The van der Waals surface area contributed by atoms with Crippen molar-refractivity contribution in [3.8, 4) is 0 Å². The predicted molar refractivity (Wildman–Crippen MR) is 279 cm³/mol. The summed E-state index contributed by atoms with van der Waals surface area (Å²) in [6.07, 6.45) is 67.6. The summed E-state index contributed by atoms with van der Waals surface area (Å²) in [4.78, 5) is 38.0. The Balaban J connectivity index is 4.41. The Labute approximate surface area is 402 Å². The van der Waals surface area contributed by atoms with Crippen LogP contribution in [0.15, 0.2) is 72.9 Å². The molecule has 65 heavy (non-hydrogen) atoms. The van der Waals surface area contributed by atoms with Gasteiger partial charge in [-0.1, -0.05) is 222 Å². The van der Waals surface area contributed by atoms with Gasteiger partial charge in [-0.3, -0.25) is 14.4 Å². The van der Waals surface area contributed by atoms with Crippen LogP contribution in [0.4, 0.5) is 0 Å². The molecule has 0 aromatic heterocycles. The molecule has 0 bridgehead atoms. The molecule has 0 N–H and O–H groups in total. The number of hydrogen-bond acceptors (Lipinski definition) is 6. The van der Waals surface area contributed by atoms with Crippen molar-refractivity contribution < 1.29 is 28.6 Å². The molecule has 1 atom stereocenters. The van der Waals surface area contributed by atoms with Crippen LogP contribution in [0.1, 0.15) is 265 Å². The molecule has 0 heterocycles. The topological polar surface area (TPSA) is 78.9 Å². The normalized spacial score (nSPS) is 12.6. The van der Waals surface area contributed by atoms with Gasteiger partial charge in [0.15, 0.2) is 6.10 Å². The van der Waals surface area contributed by atoms with Crippen molar-refractivity contribution in [3.05, 3.63) is 72.9 Å². The number of rotatable bonds is 49. The maximum absolute atomic E-state index is 12.8. The molecule has 1 unspecified atom stereocenters. The Bertz CT molecular complexity index is 1230. The summed E-state index contributed by atoms with van der Waals surface area (Å²) >= 11 is 0. The van der Waals surface area contributed by atoms with Crippen LogP contribution in [-0.4, -0.2) is 37.2 Å². The fourth-order valence-electron chi connectivity index (χ4n) is 7.56. The van der Waals surface area contributed by atoms with Crippen LogP contribution in [0.5, 0.6) is 0 Å². The van der Waals surface area contributed by atoms with E-state index in [9.17, 15) is 14.4 Å². The number of carbonyl (C=O) groups is 3. The van der Waals surface area contributed by atoms with Gasteiger partial charge >= 0.3 is 17.9 Å². The SMILES string of the molecule is CC/C=C/C/C=C/C/C=C/CCCCCCCCCCCC(=O)OCC(COC(=O)CC/C=C/C/C=C/CCCCCCCC)OC(=O)CCCCCCCCC/C=C/CCCCCC. The molecule has 374 valence electrons. The molecule has 0 saturated heterocycles. The molecule has 0 aromatic rings. The van der Waals surface area contributed by atoms with Crippen molar-refractivity contribution in [2.45, 2.75) is 271 Å². The Morgan fingerprint density at radius 1 is 0.323 bits per heavy atom. The van der Waals surface area contributed by atoms with Crippen LogP contribution >= 0.6 is 0 Å². The summed E-state index contributed by atoms with van der Waals surface area (Å²) in [7, 11) is 0. The summed E-state index contributed by atoms with van der Waals surface area (Å²) in [6, 6.07) is 0. The lowest BCUT2D eigenvalue weighted by Gasteiger charge is -2.18. The monoisotopic (exact) mass is 907 g/mol. The van der Waals surface area contributed by atoms with Crippen molar-refractivity contribution in [2.75, 3.05) is 13.2 Å². The zero-order valence-corrected chi connectivity index (χ0v) is 42.7. The van der Waals surface area contributed by atoms with E-state index in [1.54, 1.807) is 0 Å². The quantitative estimate of drug-likeness (QED) is 0.0262. The van der Waals surface area contributed by atoms with Crippen LogP contribution < -0.4 is 0 Å². The molecule has 0 rings (SSSR count). The number of esters is 3. The fraction of sp³-hybridized carbons (Fsp3) is 0.746. The Kier molecular flexibility index (Phi) is 50.9. The fourth-order valence-corrected chi connectivity index (χ4v) is 7.56. The van der Waals surface area contributed by atoms with Gasteiger partial charge in [-0.05, 0) is 96.3 Å². The third kappa shape index (κ3) is 51.7. The molecule has 6 nitrogen and oxygen atoms in total. The molecule has 0 aromatic carbocycles. The highest BCUT2D eigenvalue weighted by Gasteiger charge is 2.19. The van der Waals surface area contributed by atoms with E-state index >= 15 is 0 Å². The van der Waals surface area contributed by atoms with E-state index in [4.69, 9.17) is 14.2 Å². The maximum Gasteiger partial charge on any atom is 0.306 e. The van der Waals surface area contributed by atoms with Gasteiger partial charge in [-0.15, -0.1) is 0 Å². The highest BCUT2D eigenvalue weighted by atomic mass is 16.6. The second kappa shape index (κ2) is 53.5. The zero-order chi connectivity index (χ0) is 47.2. The molecule has 6 heteroatoms. The standard InChI is InChI=1S/C59H102O6/c1-4-7-10-13-16-19-22-25-27-28-29-30-32-34-37-40-43-46-49-52-58(61)64-55-56(54-63-57(60)51-48-45-42-39-36-33-24-21-18-15-12-9-6-3)65-59(62)53-50-47-44-41-38-35-31-26-23-20-17-14-11-8-5-2/h7,10,16,19-20,23,25,27,33,36,42,45,56H,4-6,8-9,11-15,17-18,21-22,24,26,28-32,34-35,37-41,43-44,46-55H2,1-3H3/b10-7+,19-16+,23-20+,27-25+,36-33+,45-42+. The molecule has 0 radical (unpaired) electrons. The van der Waals surface area contributed by atoms with Crippen molar-refractivity contribution in [3.63, 3.8) is 0 Å². The number of carbonyl (C=O) groups excluding carboxylic acids is 3. The minimum Gasteiger partial charge on any atom is -0.462 e. The first kappa shape index (κ1) is 61.9. The zero-order valence-electron chi connectivity index (χ0n) is 42.7. The lowest BCUT2D eigenvalue weighted by atomic mass is 10.1. The van der Waals surface area contributed by atoms with Crippen LogP contribution in [-0.2, 0) is 28.6 Å². The molecular formula is C59H102O6. The van der Waals surface area contributed by atoms with E-state index in [0.29, 0.717) is 19.3 Å². The Morgan fingerprint density at radius 2 is 0.631 bits per heavy atom. The van der Waals surface area contributed by atoms with Gasteiger partial charge in [0, 0.05) is 19.3 Å². The lowest BCUT2D eigenvalue weighted by Crippen LogP contribution is -2.30. The van der Waals surface area contributed by atoms with Gasteiger partial charge in [0.25, 0.3) is 0 Å². The molecule has 0 fully saturated rings. The number of ether oxygens (including phenoxy) is 3. The molecule has 0 amide bonds. The molecule has 0 aliphatic carbocycles. The van der Waals surface area contributed by atoms with Crippen LogP contribution in [0, 0.1) is 0 Å². The van der Waals surface area contributed by atoms with Gasteiger partial charge in [-0.2, -0.15) is 0 Å². The predicted octanol–water partition coefficient (Wildman–Crippen LogP) is 18.2. The molecular weight excluding hydrogens is 805 g/mol. The Hall–Kier alpha value is -3.15. The third-order valence-electron chi connectivity index (χ3n) is 11.7. The smallest absolute Gasteiger partial charge is 0.306 e. The van der Waals surface area contributed by atoms with E-state index in [0.717, 1.165) is 70.6 Å². The van der Waals surface area contributed by atoms with Gasteiger partial charge in [0.1, 0.15) is 13.2 Å². The maximum atomic E-state index is 12.8. The number of unbranched alkanes of at least 4 members (excludes halogenated alkanes) is 26. The molecule has 0 spiro atoms. The minimum atomic E-state index is -0.802. The molecule has 0 aliphatic heterocycles. The third-order valence-corrected chi connectivity index (χ3v) is 11.7. The van der Waals surface area contributed by atoms with E-state index in [1.165, 1.54) is 148 Å². The highest BCUT2D eigenvalue weighted by molar-refractivity contribution is 5.71. The van der Waals surface area contributed by atoms with E-state index < -0.39 is 6.10 Å². The summed E-state index contributed by atoms with van der Waals surface area (Å²) in [5.74, 6) is -0.972. The Morgan fingerprint density at radius 3 is 1.06 bits per heavy atom. The van der Waals surface area contributed by atoms with Crippen molar-refractivity contribution in [1.29, 1.82) is 0 Å². The summed E-state index contributed by atoms with van der Waals surface area (Å²) in [5, 5.41) is 0. The van der Waals surface area contributed by atoms with E-state index in [1.807, 2.05) is 6.08 Å². The highest BCUT2D eigenvalue weighted by Crippen LogP contribution is 2.15. The van der Waals surface area contributed by atoms with Crippen LogP contribution in [0.25, 0.3) is 0 Å². The van der Waals surface area contributed by atoms with Crippen molar-refractivity contribution >= 4 is 17.9 Å². The molecule has 0 saturated carbocycles. The summed E-state index contributed by atoms with van der Waals surface area (Å²) < 4.78 is 16.8. The average molecular weight is 907 g/mol. The van der Waals surface area contributed by atoms with Gasteiger partial charge in [0.05, 0.1) is 0 Å². The first-order valence-corrected chi connectivity index (χ1v) is 27.4. The number of hydrogen-bond donors (Lipinski definition) is 0. The van der Waals surface area contributed by atoms with Crippen LogP contribution in [0.3, 0.4) is 0 Å². The largest absolute Gasteiger partial charge is 0.462 e. The van der Waals surface area contributed by atoms with E-state index in [2.05, 4.69) is 87.6 Å². The van der Waals surface area contributed by atoms with Gasteiger partial charge in [-0.25, -0.2) is 0 Å². The minimum absolute atomic E-state index is 0.0966. The lowest BCUT2D eigenvalue weighted by molar-refractivity contribution is -0.166. The van der Waals surface area contributed by atoms with Crippen molar-refractivity contribution in [2.24, 2.45) is 0 Å².